The van der Waals surface area contributed by atoms with Gasteiger partial charge in [-0.3, -0.25) is 4.79 Å². The smallest absolute Gasteiger partial charge is 0.438 e. The van der Waals surface area contributed by atoms with Crippen molar-refractivity contribution in [3.05, 3.63) is 12.2 Å². The number of rotatable bonds is 6. The summed E-state index contributed by atoms with van der Waals surface area (Å²) in [7, 11) is 1.25. The number of unbranched alkanes of at least 4 members (excludes halogenated alkanes) is 1. The fraction of sp³-hybridized carbons (Fsp3) is 0.600. The summed E-state index contributed by atoms with van der Waals surface area (Å²) < 4.78 is 9.25. The molecule has 0 N–H and O–H groups in total. The van der Waals surface area contributed by atoms with Gasteiger partial charge in [0.2, 0.25) is 0 Å². The fourth-order valence-electron chi connectivity index (χ4n) is 0.941. The standard InChI is InChI=1S/C10H16O4/c1-3-4-6-9(7-5-8-11)14-10(12)13-2/h5,7-9H,3-4,6H2,1-2H3/b7-5+. The molecule has 0 aromatic carbocycles. The molecule has 0 spiro atoms. The summed E-state index contributed by atoms with van der Waals surface area (Å²) >= 11 is 0. The summed E-state index contributed by atoms with van der Waals surface area (Å²) in [5, 5.41) is 0. The Morgan fingerprint density at radius 2 is 2.21 bits per heavy atom. The van der Waals surface area contributed by atoms with Gasteiger partial charge in [0.15, 0.2) is 0 Å². The molecule has 0 saturated carbocycles. The van der Waals surface area contributed by atoms with Crippen LogP contribution in [0.3, 0.4) is 0 Å². The van der Waals surface area contributed by atoms with Gasteiger partial charge in [-0.05, 0) is 25.0 Å². The van der Waals surface area contributed by atoms with Crippen LogP contribution in [0.5, 0.6) is 0 Å². The Morgan fingerprint density at radius 1 is 1.50 bits per heavy atom. The Labute approximate surface area is 83.9 Å². The lowest BCUT2D eigenvalue weighted by molar-refractivity contribution is -0.104. The van der Waals surface area contributed by atoms with E-state index >= 15 is 0 Å². The third-order valence-electron chi connectivity index (χ3n) is 1.66. The van der Waals surface area contributed by atoms with Gasteiger partial charge >= 0.3 is 6.16 Å². The first-order valence-electron chi connectivity index (χ1n) is 4.61. The molecule has 0 heterocycles. The molecule has 0 amide bonds. The largest absolute Gasteiger partial charge is 0.508 e. The maximum absolute atomic E-state index is 10.8. The van der Waals surface area contributed by atoms with Crippen LogP contribution in [0, 0.1) is 0 Å². The second-order valence-electron chi connectivity index (χ2n) is 2.77. The van der Waals surface area contributed by atoms with Gasteiger partial charge in [-0.15, -0.1) is 0 Å². The molecule has 0 fully saturated rings. The highest BCUT2D eigenvalue weighted by Gasteiger charge is 2.10. The summed E-state index contributed by atoms with van der Waals surface area (Å²) in [5.74, 6) is 0. The Balaban J connectivity index is 4.02. The Bertz CT molecular complexity index is 198. The van der Waals surface area contributed by atoms with Crippen molar-refractivity contribution in [1.82, 2.24) is 0 Å². The first-order chi connectivity index (χ1) is 6.74. The van der Waals surface area contributed by atoms with Crippen LogP contribution < -0.4 is 0 Å². The predicted molar refractivity (Wildman–Crippen MR) is 52.0 cm³/mol. The van der Waals surface area contributed by atoms with Gasteiger partial charge in [-0.2, -0.15) is 0 Å². The van der Waals surface area contributed by atoms with Crippen molar-refractivity contribution in [3.8, 4) is 0 Å². The number of carbonyl (C=O) groups is 2. The topological polar surface area (TPSA) is 52.6 Å². The van der Waals surface area contributed by atoms with Crippen LogP contribution in [-0.4, -0.2) is 25.7 Å². The van der Waals surface area contributed by atoms with Crippen molar-refractivity contribution in [1.29, 1.82) is 0 Å². The summed E-state index contributed by atoms with van der Waals surface area (Å²) in [4.78, 5) is 20.9. The maximum atomic E-state index is 10.8. The molecule has 14 heavy (non-hydrogen) atoms. The second kappa shape index (κ2) is 8.29. The number of ether oxygens (including phenoxy) is 2. The van der Waals surface area contributed by atoms with E-state index in [1.165, 1.54) is 13.2 Å². The van der Waals surface area contributed by atoms with E-state index in [4.69, 9.17) is 4.74 Å². The molecule has 0 aromatic rings. The molecule has 80 valence electrons. The molecule has 0 radical (unpaired) electrons. The van der Waals surface area contributed by atoms with Crippen molar-refractivity contribution >= 4 is 12.4 Å². The first-order valence-corrected chi connectivity index (χ1v) is 4.61. The molecule has 1 unspecified atom stereocenters. The Hall–Kier alpha value is -1.32. The number of allylic oxidation sites excluding steroid dienone is 1. The van der Waals surface area contributed by atoms with Crippen LogP contribution in [0.25, 0.3) is 0 Å². The van der Waals surface area contributed by atoms with Crippen molar-refractivity contribution in [2.75, 3.05) is 7.11 Å². The van der Waals surface area contributed by atoms with Crippen molar-refractivity contribution in [2.45, 2.75) is 32.3 Å². The number of aldehydes is 1. The van der Waals surface area contributed by atoms with E-state index in [0.29, 0.717) is 12.7 Å². The van der Waals surface area contributed by atoms with Gasteiger partial charge in [0.1, 0.15) is 12.4 Å². The molecular weight excluding hydrogens is 184 g/mol. The Morgan fingerprint density at radius 3 is 2.71 bits per heavy atom. The quantitative estimate of drug-likeness (QED) is 0.374. The number of hydrogen-bond acceptors (Lipinski definition) is 4. The molecule has 0 aliphatic rings. The van der Waals surface area contributed by atoms with E-state index in [-0.39, 0.29) is 6.10 Å². The summed E-state index contributed by atoms with van der Waals surface area (Å²) in [6.45, 7) is 2.04. The highest BCUT2D eigenvalue weighted by atomic mass is 16.7. The average molecular weight is 200 g/mol. The molecule has 0 aromatic heterocycles. The minimum Gasteiger partial charge on any atom is -0.438 e. The lowest BCUT2D eigenvalue weighted by atomic mass is 10.1. The van der Waals surface area contributed by atoms with Gasteiger partial charge in [-0.25, -0.2) is 4.79 Å². The van der Waals surface area contributed by atoms with E-state index in [1.54, 1.807) is 6.08 Å². The SMILES string of the molecule is CCCCC(/C=C/C=O)OC(=O)OC. The van der Waals surface area contributed by atoms with Crippen LogP contribution in [0.4, 0.5) is 4.79 Å². The highest BCUT2D eigenvalue weighted by Crippen LogP contribution is 2.07. The lowest BCUT2D eigenvalue weighted by Gasteiger charge is -2.11. The molecular formula is C10H16O4. The van der Waals surface area contributed by atoms with E-state index in [1.807, 2.05) is 6.92 Å². The molecule has 4 nitrogen and oxygen atoms in total. The van der Waals surface area contributed by atoms with E-state index < -0.39 is 6.16 Å². The molecule has 1 atom stereocenters. The highest BCUT2D eigenvalue weighted by molar-refractivity contribution is 5.65. The van der Waals surface area contributed by atoms with Crippen LogP contribution in [0.2, 0.25) is 0 Å². The predicted octanol–water partition coefficient (Wildman–Crippen LogP) is 2.08. The van der Waals surface area contributed by atoms with Gasteiger partial charge in [-0.1, -0.05) is 13.3 Å². The van der Waals surface area contributed by atoms with E-state index in [2.05, 4.69) is 4.74 Å². The van der Waals surface area contributed by atoms with Crippen LogP contribution >= 0.6 is 0 Å². The molecule has 0 rings (SSSR count). The first kappa shape index (κ1) is 12.7. The Kier molecular flexibility index (Phi) is 7.50. The van der Waals surface area contributed by atoms with E-state index in [9.17, 15) is 9.59 Å². The van der Waals surface area contributed by atoms with Crippen molar-refractivity contribution in [2.24, 2.45) is 0 Å². The number of hydrogen-bond donors (Lipinski definition) is 0. The monoisotopic (exact) mass is 200 g/mol. The third-order valence-corrected chi connectivity index (χ3v) is 1.66. The number of methoxy groups -OCH3 is 1. The molecule has 0 saturated heterocycles. The fourth-order valence-corrected chi connectivity index (χ4v) is 0.941. The van der Waals surface area contributed by atoms with Crippen LogP contribution in [-0.2, 0) is 14.3 Å². The van der Waals surface area contributed by atoms with Crippen molar-refractivity contribution < 1.29 is 19.1 Å². The molecule has 4 heteroatoms. The lowest BCUT2D eigenvalue weighted by Crippen LogP contribution is -2.15. The second-order valence-corrected chi connectivity index (χ2v) is 2.77. The maximum Gasteiger partial charge on any atom is 0.508 e. The van der Waals surface area contributed by atoms with Gasteiger partial charge in [0, 0.05) is 0 Å². The third kappa shape index (κ3) is 6.22. The zero-order valence-electron chi connectivity index (χ0n) is 8.56. The van der Waals surface area contributed by atoms with Gasteiger partial charge < -0.3 is 9.47 Å². The van der Waals surface area contributed by atoms with Crippen LogP contribution in [0.1, 0.15) is 26.2 Å². The van der Waals surface area contributed by atoms with Gasteiger partial charge in [0.05, 0.1) is 7.11 Å². The van der Waals surface area contributed by atoms with Crippen molar-refractivity contribution in [3.63, 3.8) is 0 Å². The average Bonchev–Trinajstić information content (AvgIpc) is 2.21. The zero-order valence-corrected chi connectivity index (χ0v) is 8.56. The van der Waals surface area contributed by atoms with Gasteiger partial charge in [0.25, 0.3) is 0 Å². The number of carbonyl (C=O) groups excluding carboxylic acids is 2. The molecule has 0 aliphatic carbocycles. The van der Waals surface area contributed by atoms with Crippen LogP contribution in [0.15, 0.2) is 12.2 Å². The molecule has 0 aliphatic heterocycles. The summed E-state index contributed by atoms with van der Waals surface area (Å²) in [6.07, 6.45) is 5.09. The zero-order chi connectivity index (χ0) is 10.8. The summed E-state index contributed by atoms with van der Waals surface area (Å²) in [5.41, 5.74) is 0. The van der Waals surface area contributed by atoms with E-state index in [0.717, 1.165) is 12.8 Å². The minimum atomic E-state index is -0.721. The summed E-state index contributed by atoms with van der Waals surface area (Å²) in [6, 6.07) is 0. The molecule has 0 bridgehead atoms. The minimum absolute atomic E-state index is 0.368. The normalized spacial score (nSPS) is 12.4.